The predicted octanol–water partition coefficient (Wildman–Crippen LogP) is 4.66. The smallest absolute Gasteiger partial charge is 0.0363 e. The summed E-state index contributed by atoms with van der Waals surface area (Å²) in [4.78, 5) is 2.27. The molecule has 0 bridgehead atoms. The summed E-state index contributed by atoms with van der Waals surface area (Å²) < 4.78 is 0. The number of benzene rings is 1. The van der Waals surface area contributed by atoms with Gasteiger partial charge in [0.05, 0.1) is 0 Å². The van der Waals surface area contributed by atoms with Crippen molar-refractivity contribution in [2.45, 2.75) is 52.4 Å². The van der Waals surface area contributed by atoms with E-state index in [9.17, 15) is 0 Å². The number of anilines is 1. The van der Waals surface area contributed by atoms with Gasteiger partial charge in [0, 0.05) is 19.3 Å². The molecule has 96 valence electrons. The maximum atomic E-state index is 2.28. The number of hydrogen-bond donors (Lipinski definition) is 0. The third-order valence-corrected chi connectivity index (χ3v) is 3.42. The first-order chi connectivity index (χ1) is 8.27. The molecule has 0 aliphatic carbocycles. The molecule has 0 atom stereocenters. The minimum absolute atomic E-state index is 1.07. The Kier molecular flexibility index (Phi) is 6.76. The van der Waals surface area contributed by atoms with Crippen molar-refractivity contribution in [2.75, 3.05) is 18.5 Å². The average Bonchev–Trinajstić information content (AvgIpc) is 2.38. The standard InChI is InChI=1S/C16H27N/c1-4-6-7-8-9-10-15-11-13-16(14-12-15)17(3)5-2/h11-14H,4-10H2,1-3H3. The van der Waals surface area contributed by atoms with Gasteiger partial charge in [-0.05, 0) is 37.5 Å². The Morgan fingerprint density at radius 1 is 0.882 bits per heavy atom. The van der Waals surface area contributed by atoms with Crippen molar-refractivity contribution in [1.29, 1.82) is 0 Å². The summed E-state index contributed by atoms with van der Waals surface area (Å²) in [6, 6.07) is 9.04. The molecular formula is C16H27N. The molecule has 1 rings (SSSR count). The number of nitrogens with zero attached hydrogens (tertiary/aromatic N) is 1. The molecule has 1 nitrogen and oxygen atoms in total. The molecular weight excluding hydrogens is 206 g/mol. The molecule has 0 heterocycles. The molecule has 0 spiro atoms. The van der Waals surface area contributed by atoms with E-state index in [1.165, 1.54) is 49.8 Å². The minimum Gasteiger partial charge on any atom is -0.375 e. The lowest BCUT2D eigenvalue weighted by Crippen LogP contribution is -2.15. The second-order valence-corrected chi connectivity index (χ2v) is 4.84. The van der Waals surface area contributed by atoms with E-state index in [-0.39, 0.29) is 0 Å². The van der Waals surface area contributed by atoms with Crippen LogP contribution < -0.4 is 4.90 Å². The second kappa shape index (κ2) is 8.16. The van der Waals surface area contributed by atoms with E-state index >= 15 is 0 Å². The van der Waals surface area contributed by atoms with E-state index < -0.39 is 0 Å². The van der Waals surface area contributed by atoms with Gasteiger partial charge < -0.3 is 4.90 Å². The lowest BCUT2D eigenvalue weighted by Gasteiger charge is -2.16. The third kappa shape index (κ3) is 5.25. The summed E-state index contributed by atoms with van der Waals surface area (Å²) in [5.74, 6) is 0. The number of hydrogen-bond acceptors (Lipinski definition) is 1. The maximum Gasteiger partial charge on any atom is 0.0363 e. The van der Waals surface area contributed by atoms with Crippen LogP contribution in [0.5, 0.6) is 0 Å². The van der Waals surface area contributed by atoms with Gasteiger partial charge in [-0.3, -0.25) is 0 Å². The molecule has 0 saturated carbocycles. The topological polar surface area (TPSA) is 3.24 Å². The van der Waals surface area contributed by atoms with Gasteiger partial charge in [0.25, 0.3) is 0 Å². The average molecular weight is 233 g/mol. The molecule has 0 fully saturated rings. The molecule has 0 aliphatic rings. The van der Waals surface area contributed by atoms with Gasteiger partial charge in [-0.1, -0.05) is 44.7 Å². The zero-order valence-electron chi connectivity index (χ0n) is 11.7. The fourth-order valence-electron chi connectivity index (χ4n) is 2.03. The molecule has 0 aromatic heterocycles. The first kappa shape index (κ1) is 14.1. The highest BCUT2D eigenvalue weighted by Crippen LogP contribution is 2.15. The molecule has 1 aromatic carbocycles. The minimum atomic E-state index is 1.07. The largest absolute Gasteiger partial charge is 0.375 e. The summed E-state index contributed by atoms with van der Waals surface area (Å²) in [6.45, 7) is 5.51. The molecule has 0 radical (unpaired) electrons. The lowest BCUT2D eigenvalue weighted by atomic mass is 10.1. The molecule has 1 aromatic rings. The van der Waals surface area contributed by atoms with Crippen molar-refractivity contribution in [2.24, 2.45) is 0 Å². The van der Waals surface area contributed by atoms with Crippen LogP contribution in [0.25, 0.3) is 0 Å². The van der Waals surface area contributed by atoms with Crippen LogP contribution in [-0.4, -0.2) is 13.6 Å². The van der Waals surface area contributed by atoms with Crippen molar-refractivity contribution in [3.63, 3.8) is 0 Å². The Hall–Kier alpha value is -0.980. The highest BCUT2D eigenvalue weighted by Gasteiger charge is 1.98. The Balaban J connectivity index is 2.30. The van der Waals surface area contributed by atoms with Crippen LogP contribution in [-0.2, 0) is 6.42 Å². The van der Waals surface area contributed by atoms with Crippen LogP contribution in [0.1, 0.15) is 51.5 Å². The van der Waals surface area contributed by atoms with E-state index in [2.05, 4.69) is 50.1 Å². The molecule has 1 heteroatoms. The third-order valence-electron chi connectivity index (χ3n) is 3.42. The molecule has 0 amide bonds. The molecule has 0 unspecified atom stereocenters. The number of unbranched alkanes of at least 4 members (excludes halogenated alkanes) is 4. The van der Waals surface area contributed by atoms with E-state index in [4.69, 9.17) is 0 Å². The molecule has 0 N–H and O–H groups in total. The summed E-state index contributed by atoms with van der Waals surface area (Å²) in [7, 11) is 2.14. The Bertz CT molecular complexity index is 289. The zero-order chi connectivity index (χ0) is 12.5. The van der Waals surface area contributed by atoms with E-state index in [1.807, 2.05) is 0 Å². The number of aryl methyl sites for hydroxylation is 1. The van der Waals surface area contributed by atoms with Gasteiger partial charge in [-0.2, -0.15) is 0 Å². The van der Waals surface area contributed by atoms with Crippen LogP contribution in [0.15, 0.2) is 24.3 Å². The van der Waals surface area contributed by atoms with Crippen LogP contribution in [0.4, 0.5) is 5.69 Å². The monoisotopic (exact) mass is 233 g/mol. The maximum absolute atomic E-state index is 2.28. The van der Waals surface area contributed by atoms with Crippen molar-refractivity contribution < 1.29 is 0 Å². The number of rotatable bonds is 8. The van der Waals surface area contributed by atoms with Crippen LogP contribution in [0, 0.1) is 0 Å². The Labute approximate surface area is 107 Å². The second-order valence-electron chi connectivity index (χ2n) is 4.84. The Morgan fingerprint density at radius 2 is 1.53 bits per heavy atom. The fraction of sp³-hybridized carbons (Fsp3) is 0.625. The van der Waals surface area contributed by atoms with Crippen molar-refractivity contribution in [3.05, 3.63) is 29.8 Å². The van der Waals surface area contributed by atoms with Gasteiger partial charge in [0.15, 0.2) is 0 Å². The van der Waals surface area contributed by atoms with Gasteiger partial charge in [-0.15, -0.1) is 0 Å². The van der Waals surface area contributed by atoms with Crippen molar-refractivity contribution in [3.8, 4) is 0 Å². The van der Waals surface area contributed by atoms with Crippen LogP contribution >= 0.6 is 0 Å². The SMILES string of the molecule is CCCCCCCc1ccc(N(C)CC)cc1. The molecule has 17 heavy (non-hydrogen) atoms. The van der Waals surface area contributed by atoms with Gasteiger partial charge >= 0.3 is 0 Å². The lowest BCUT2D eigenvalue weighted by molar-refractivity contribution is 0.632. The molecule has 0 aliphatic heterocycles. The normalized spacial score (nSPS) is 10.5. The summed E-state index contributed by atoms with van der Waals surface area (Å²) in [5.41, 5.74) is 2.80. The van der Waals surface area contributed by atoms with Gasteiger partial charge in [0.1, 0.15) is 0 Å². The van der Waals surface area contributed by atoms with E-state index in [0.717, 1.165) is 6.54 Å². The van der Waals surface area contributed by atoms with E-state index in [0.29, 0.717) is 0 Å². The van der Waals surface area contributed by atoms with Gasteiger partial charge in [0.2, 0.25) is 0 Å². The van der Waals surface area contributed by atoms with E-state index in [1.54, 1.807) is 0 Å². The molecule has 0 saturated heterocycles. The van der Waals surface area contributed by atoms with Crippen molar-refractivity contribution in [1.82, 2.24) is 0 Å². The Morgan fingerprint density at radius 3 is 2.12 bits per heavy atom. The highest BCUT2D eigenvalue weighted by molar-refractivity contribution is 5.46. The first-order valence-corrected chi connectivity index (χ1v) is 7.08. The van der Waals surface area contributed by atoms with Crippen LogP contribution in [0.3, 0.4) is 0 Å². The summed E-state index contributed by atoms with van der Waals surface area (Å²) in [6.07, 6.45) is 8.07. The van der Waals surface area contributed by atoms with Gasteiger partial charge in [-0.25, -0.2) is 0 Å². The zero-order valence-corrected chi connectivity index (χ0v) is 11.7. The van der Waals surface area contributed by atoms with Crippen LogP contribution in [0.2, 0.25) is 0 Å². The summed E-state index contributed by atoms with van der Waals surface area (Å²) >= 11 is 0. The first-order valence-electron chi connectivity index (χ1n) is 7.08. The predicted molar refractivity (Wildman–Crippen MR) is 77.8 cm³/mol. The quantitative estimate of drug-likeness (QED) is 0.590. The summed E-state index contributed by atoms with van der Waals surface area (Å²) in [5, 5.41) is 0. The highest BCUT2D eigenvalue weighted by atomic mass is 15.1. The van der Waals surface area contributed by atoms with Crippen molar-refractivity contribution >= 4 is 5.69 Å². The fourth-order valence-corrected chi connectivity index (χ4v) is 2.03.